The molecule has 0 aliphatic heterocycles. The summed E-state index contributed by atoms with van der Waals surface area (Å²) < 4.78 is 10.3. The van der Waals surface area contributed by atoms with Crippen LogP contribution in [-0.4, -0.2) is 50.0 Å². The molecular weight excluding hydrogens is 344 g/mol. The van der Waals surface area contributed by atoms with Gasteiger partial charge in [0.2, 0.25) is 0 Å². The molecule has 0 aliphatic rings. The minimum atomic E-state index is 0.0930. The molecule has 0 aliphatic carbocycles. The lowest BCUT2D eigenvalue weighted by atomic mass is 9.99. The smallest absolute Gasteiger partial charge is 0.166 e. The number of phenols is 2. The first-order valence-corrected chi connectivity index (χ1v) is 8.71. The molecule has 27 heavy (non-hydrogen) atoms. The van der Waals surface area contributed by atoms with Crippen molar-refractivity contribution in [3.63, 3.8) is 0 Å². The second-order valence-corrected chi connectivity index (χ2v) is 5.91. The number of methoxy groups -OCH3 is 2. The van der Waals surface area contributed by atoms with Crippen LogP contribution in [0, 0.1) is 0 Å². The van der Waals surface area contributed by atoms with Gasteiger partial charge in [-0.2, -0.15) is 0 Å². The zero-order valence-corrected chi connectivity index (χ0v) is 16.2. The number of nitrogens with zero attached hydrogens (tertiary/aromatic N) is 2. The lowest BCUT2D eigenvalue weighted by Crippen LogP contribution is -2.06. The SMILES string of the molecule is CN=C(CCCC(=NC)c1cccc(OC)c1O)c1cccc(OC)c1O. The predicted molar refractivity (Wildman–Crippen MR) is 108 cm³/mol. The largest absolute Gasteiger partial charge is 0.504 e. The fourth-order valence-corrected chi connectivity index (χ4v) is 3.00. The highest BCUT2D eigenvalue weighted by Gasteiger charge is 2.15. The van der Waals surface area contributed by atoms with Crippen LogP contribution < -0.4 is 9.47 Å². The average Bonchev–Trinajstić information content (AvgIpc) is 2.69. The molecule has 0 unspecified atom stereocenters. The molecular formula is C21H26N2O4. The van der Waals surface area contributed by atoms with Gasteiger partial charge in [-0.15, -0.1) is 0 Å². The maximum absolute atomic E-state index is 10.3. The second-order valence-electron chi connectivity index (χ2n) is 5.91. The van der Waals surface area contributed by atoms with Crippen LogP contribution >= 0.6 is 0 Å². The fraction of sp³-hybridized carbons (Fsp3) is 0.333. The van der Waals surface area contributed by atoms with E-state index in [0.717, 1.165) is 17.8 Å². The van der Waals surface area contributed by atoms with Gasteiger partial charge >= 0.3 is 0 Å². The normalized spacial score (nSPS) is 12.1. The van der Waals surface area contributed by atoms with E-state index in [9.17, 15) is 10.2 Å². The Hall–Kier alpha value is -3.02. The average molecular weight is 370 g/mol. The van der Waals surface area contributed by atoms with E-state index < -0.39 is 0 Å². The quantitative estimate of drug-likeness (QED) is 0.692. The van der Waals surface area contributed by atoms with Crippen LogP contribution in [-0.2, 0) is 0 Å². The Morgan fingerprint density at radius 3 is 1.52 bits per heavy atom. The molecule has 2 N–H and O–H groups in total. The van der Waals surface area contributed by atoms with Crippen molar-refractivity contribution in [1.29, 1.82) is 0 Å². The molecule has 2 rings (SSSR count). The van der Waals surface area contributed by atoms with Crippen LogP contribution in [0.2, 0.25) is 0 Å². The number of ether oxygens (including phenoxy) is 2. The number of aliphatic imine (C=N–C) groups is 2. The Kier molecular flexibility index (Phi) is 7.23. The van der Waals surface area contributed by atoms with Crippen molar-refractivity contribution >= 4 is 11.4 Å². The summed E-state index contributed by atoms with van der Waals surface area (Å²) in [5.74, 6) is 1.03. The number of hydrogen-bond acceptors (Lipinski definition) is 6. The highest BCUT2D eigenvalue weighted by Crippen LogP contribution is 2.32. The van der Waals surface area contributed by atoms with Crippen LogP contribution in [0.5, 0.6) is 23.0 Å². The van der Waals surface area contributed by atoms with E-state index in [1.165, 1.54) is 14.2 Å². The van der Waals surface area contributed by atoms with Crippen molar-refractivity contribution in [2.45, 2.75) is 19.3 Å². The molecule has 0 saturated heterocycles. The lowest BCUT2D eigenvalue weighted by Gasteiger charge is -2.13. The topological polar surface area (TPSA) is 83.6 Å². The van der Waals surface area contributed by atoms with E-state index in [-0.39, 0.29) is 11.5 Å². The first kappa shape index (κ1) is 20.3. The standard InChI is InChI=1S/C21H26N2O4/c1-22-16(14-8-5-12-18(26-3)20(14)24)10-7-11-17(23-2)15-9-6-13-19(27-4)21(15)25/h5-6,8-9,12-13,24-25H,7,10-11H2,1-4H3. The van der Waals surface area contributed by atoms with Crippen molar-refractivity contribution < 1.29 is 19.7 Å². The summed E-state index contributed by atoms with van der Waals surface area (Å²) >= 11 is 0. The Labute approximate surface area is 159 Å². The third-order valence-corrected chi connectivity index (χ3v) is 4.43. The first-order chi connectivity index (χ1) is 13.1. The number of para-hydroxylation sites is 2. The Morgan fingerprint density at radius 1 is 0.778 bits per heavy atom. The van der Waals surface area contributed by atoms with Gasteiger partial charge in [-0.05, 0) is 43.5 Å². The number of aromatic hydroxyl groups is 2. The van der Waals surface area contributed by atoms with E-state index in [1.54, 1.807) is 26.2 Å². The molecule has 2 aromatic carbocycles. The first-order valence-electron chi connectivity index (χ1n) is 8.71. The Balaban J connectivity index is 2.12. The maximum Gasteiger partial charge on any atom is 0.166 e. The summed E-state index contributed by atoms with van der Waals surface area (Å²) in [6.45, 7) is 0. The molecule has 0 spiro atoms. The van der Waals surface area contributed by atoms with Gasteiger partial charge in [-0.1, -0.05) is 12.1 Å². The highest BCUT2D eigenvalue weighted by molar-refractivity contribution is 6.05. The van der Waals surface area contributed by atoms with E-state index in [4.69, 9.17) is 9.47 Å². The third kappa shape index (κ3) is 4.58. The van der Waals surface area contributed by atoms with Gasteiger partial charge in [0.05, 0.1) is 14.2 Å². The van der Waals surface area contributed by atoms with E-state index in [1.807, 2.05) is 24.3 Å². The Bertz CT molecular complexity index is 775. The van der Waals surface area contributed by atoms with Crippen LogP contribution in [0.4, 0.5) is 0 Å². The molecule has 6 nitrogen and oxygen atoms in total. The molecule has 0 heterocycles. The molecule has 144 valence electrons. The Morgan fingerprint density at radius 2 is 1.19 bits per heavy atom. The summed E-state index contributed by atoms with van der Waals surface area (Å²) in [5, 5.41) is 20.7. The summed E-state index contributed by atoms with van der Waals surface area (Å²) in [7, 11) is 6.45. The summed E-state index contributed by atoms with van der Waals surface area (Å²) in [5.41, 5.74) is 2.90. The maximum atomic E-state index is 10.3. The van der Waals surface area contributed by atoms with E-state index >= 15 is 0 Å². The molecule has 0 bridgehead atoms. The van der Waals surface area contributed by atoms with Crippen LogP contribution in [0.1, 0.15) is 30.4 Å². The number of benzene rings is 2. The number of hydrogen-bond donors (Lipinski definition) is 2. The van der Waals surface area contributed by atoms with Crippen molar-refractivity contribution in [2.75, 3.05) is 28.3 Å². The summed E-state index contributed by atoms with van der Waals surface area (Å²) in [4.78, 5) is 8.65. The van der Waals surface area contributed by atoms with Crippen LogP contribution in [0.3, 0.4) is 0 Å². The van der Waals surface area contributed by atoms with E-state index in [0.29, 0.717) is 35.5 Å². The lowest BCUT2D eigenvalue weighted by molar-refractivity contribution is 0.373. The van der Waals surface area contributed by atoms with Gasteiger partial charge in [0.1, 0.15) is 0 Å². The number of phenolic OH excluding ortho intramolecular Hbond substituents is 2. The number of rotatable bonds is 8. The molecule has 0 amide bonds. The molecule has 6 heteroatoms. The predicted octanol–water partition coefficient (Wildman–Crippen LogP) is 3.82. The minimum Gasteiger partial charge on any atom is -0.504 e. The van der Waals surface area contributed by atoms with Crippen molar-refractivity contribution in [2.24, 2.45) is 9.98 Å². The minimum absolute atomic E-state index is 0.0930. The van der Waals surface area contributed by atoms with Gasteiger partial charge in [0.25, 0.3) is 0 Å². The second kappa shape index (κ2) is 9.62. The summed E-state index contributed by atoms with van der Waals surface area (Å²) in [6.07, 6.45) is 2.06. The molecule has 2 aromatic rings. The highest BCUT2D eigenvalue weighted by atomic mass is 16.5. The molecule has 0 aromatic heterocycles. The van der Waals surface area contributed by atoms with E-state index in [2.05, 4.69) is 9.98 Å². The zero-order chi connectivity index (χ0) is 19.8. The van der Waals surface area contributed by atoms with Crippen molar-refractivity contribution in [1.82, 2.24) is 0 Å². The molecule has 0 radical (unpaired) electrons. The van der Waals surface area contributed by atoms with Gasteiger partial charge in [-0.25, -0.2) is 0 Å². The van der Waals surface area contributed by atoms with Gasteiger partial charge in [0.15, 0.2) is 23.0 Å². The van der Waals surface area contributed by atoms with Crippen LogP contribution in [0.15, 0.2) is 46.4 Å². The molecule has 0 saturated carbocycles. The van der Waals surface area contributed by atoms with Crippen molar-refractivity contribution in [3.8, 4) is 23.0 Å². The van der Waals surface area contributed by atoms with Gasteiger partial charge in [-0.3, -0.25) is 9.98 Å². The fourth-order valence-electron chi connectivity index (χ4n) is 3.00. The molecule has 0 fully saturated rings. The summed E-state index contributed by atoms with van der Waals surface area (Å²) in [6, 6.07) is 10.7. The van der Waals surface area contributed by atoms with Crippen molar-refractivity contribution in [3.05, 3.63) is 47.5 Å². The monoisotopic (exact) mass is 370 g/mol. The van der Waals surface area contributed by atoms with Gasteiger partial charge in [0, 0.05) is 36.6 Å². The molecule has 0 atom stereocenters. The van der Waals surface area contributed by atoms with Gasteiger partial charge < -0.3 is 19.7 Å². The third-order valence-electron chi connectivity index (χ3n) is 4.43. The van der Waals surface area contributed by atoms with Crippen LogP contribution in [0.25, 0.3) is 0 Å². The zero-order valence-electron chi connectivity index (χ0n) is 16.2.